The molecule has 0 atom stereocenters. The number of piperidine rings is 1. The molecule has 0 aliphatic carbocycles. The van der Waals surface area contributed by atoms with Gasteiger partial charge in [0.05, 0.1) is 10.8 Å². The number of nitrogens with one attached hydrogen (secondary N) is 4. The van der Waals surface area contributed by atoms with Crippen LogP contribution < -0.4 is 20.3 Å². The largest absolute Gasteiger partial charge is 0.414 e. The van der Waals surface area contributed by atoms with Gasteiger partial charge in [0.25, 0.3) is 5.91 Å². The predicted molar refractivity (Wildman–Crippen MR) is 153 cm³/mol. The fourth-order valence-corrected chi connectivity index (χ4v) is 4.94. The summed E-state index contributed by atoms with van der Waals surface area (Å²) in [5.74, 6) is 0.524. The number of fused-ring (bicyclic) bond motifs is 1. The number of ether oxygens (including phenoxy) is 1. The van der Waals surface area contributed by atoms with Gasteiger partial charge in [0.1, 0.15) is 29.2 Å². The zero-order valence-electron chi connectivity index (χ0n) is 23.4. The summed E-state index contributed by atoms with van der Waals surface area (Å²) in [5, 5.41) is 13.7. The minimum Gasteiger partial charge on any atom is -0.410 e. The number of rotatable bonds is 7. The molecule has 0 saturated carbocycles. The molecule has 1 aliphatic rings. The van der Waals surface area contributed by atoms with Crippen LogP contribution in [0, 0.1) is 19.3 Å². The van der Waals surface area contributed by atoms with Crippen LogP contribution in [-0.2, 0) is 4.79 Å². The van der Waals surface area contributed by atoms with Gasteiger partial charge < -0.3 is 30.2 Å². The van der Waals surface area contributed by atoms with Gasteiger partial charge in [0.2, 0.25) is 5.91 Å². The number of carbonyl (C=O) groups is 3. The maximum Gasteiger partial charge on any atom is 0.414 e. The van der Waals surface area contributed by atoms with E-state index in [1.807, 2.05) is 20.0 Å². The average Bonchev–Trinajstić information content (AvgIpc) is 3.57. The van der Waals surface area contributed by atoms with Crippen LogP contribution in [0.2, 0.25) is 0 Å². The lowest BCUT2D eigenvalue weighted by Crippen LogP contribution is -2.52. The summed E-state index contributed by atoms with van der Waals surface area (Å²) in [5.41, 5.74) is 2.41. The van der Waals surface area contributed by atoms with E-state index < -0.39 is 11.5 Å². The van der Waals surface area contributed by atoms with Crippen LogP contribution in [0.1, 0.15) is 34.6 Å². The van der Waals surface area contributed by atoms with Gasteiger partial charge in [-0.25, -0.2) is 14.8 Å². The maximum atomic E-state index is 13.9. The van der Waals surface area contributed by atoms with Crippen LogP contribution in [-0.4, -0.2) is 81.7 Å². The molecule has 0 spiro atoms. The molecule has 1 aliphatic heterocycles. The van der Waals surface area contributed by atoms with Crippen molar-refractivity contribution in [3.8, 4) is 5.75 Å². The molecule has 41 heavy (non-hydrogen) atoms. The zero-order valence-corrected chi connectivity index (χ0v) is 23.4. The molecule has 13 nitrogen and oxygen atoms in total. The zero-order chi connectivity index (χ0) is 29.1. The Kier molecular flexibility index (Phi) is 7.60. The van der Waals surface area contributed by atoms with Crippen molar-refractivity contribution in [2.24, 2.45) is 5.41 Å². The second-order valence-electron chi connectivity index (χ2n) is 10.5. The molecule has 4 heterocycles. The summed E-state index contributed by atoms with van der Waals surface area (Å²) in [6, 6.07) is 8.32. The Morgan fingerprint density at radius 3 is 2.61 bits per heavy atom. The first kappa shape index (κ1) is 27.6. The lowest BCUT2D eigenvalue weighted by molar-refractivity contribution is -0.126. The second kappa shape index (κ2) is 11.3. The summed E-state index contributed by atoms with van der Waals surface area (Å²) in [6.45, 7) is 5.03. The molecule has 1 aromatic carbocycles. The summed E-state index contributed by atoms with van der Waals surface area (Å²) in [6.07, 6.45) is 3.84. The number of aryl methyl sites for hydroxylation is 2. The highest BCUT2D eigenvalue weighted by Gasteiger charge is 2.42. The number of anilines is 2. The standard InChI is InChI=1S/C28H33N9O4/c1-17-14-29-23-22(17)24(32-16-31-23)37-10-8-28(9-11-37,15-30-25(38)21-12-18(2)34-35-21)26(39)33-19-6-5-7-20(13-19)41-27(40)36(3)4/h5-7,12-14,16H,8-11,15H2,1-4H3,(H,30,38)(H,33,39)(H,34,35)(H,29,31,32). The fraction of sp³-hybridized carbons (Fsp3) is 0.357. The van der Waals surface area contributed by atoms with Gasteiger partial charge in [-0.05, 0) is 50.5 Å². The lowest BCUT2D eigenvalue weighted by atomic mass is 9.77. The van der Waals surface area contributed by atoms with E-state index in [0.717, 1.165) is 28.1 Å². The molecule has 4 N–H and O–H groups in total. The lowest BCUT2D eigenvalue weighted by Gasteiger charge is -2.41. The maximum absolute atomic E-state index is 13.9. The monoisotopic (exact) mass is 559 g/mol. The molecule has 1 saturated heterocycles. The van der Waals surface area contributed by atoms with Crippen LogP contribution in [0.3, 0.4) is 0 Å². The third kappa shape index (κ3) is 5.83. The third-order valence-electron chi connectivity index (χ3n) is 7.34. The molecule has 3 aromatic heterocycles. The van der Waals surface area contributed by atoms with Gasteiger partial charge in [-0.2, -0.15) is 5.10 Å². The van der Waals surface area contributed by atoms with Crippen LogP contribution >= 0.6 is 0 Å². The van der Waals surface area contributed by atoms with E-state index in [1.54, 1.807) is 44.4 Å². The Morgan fingerprint density at radius 2 is 1.90 bits per heavy atom. The first-order chi connectivity index (χ1) is 19.6. The van der Waals surface area contributed by atoms with Crippen molar-refractivity contribution in [1.29, 1.82) is 0 Å². The number of amides is 3. The first-order valence-electron chi connectivity index (χ1n) is 13.3. The van der Waals surface area contributed by atoms with Gasteiger partial charge in [0.15, 0.2) is 0 Å². The average molecular weight is 560 g/mol. The SMILES string of the molecule is Cc1cc(C(=O)NCC2(C(=O)Nc3cccc(OC(=O)N(C)C)c3)CCN(c3ncnc4[nH]cc(C)c34)CC2)n[nH]1. The quantitative estimate of drug-likeness (QED) is 0.269. The Balaban J connectivity index is 1.36. The van der Waals surface area contributed by atoms with Crippen molar-refractivity contribution in [2.45, 2.75) is 26.7 Å². The summed E-state index contributed by atoms with van der Waals surface area (Å²) < 4.78 is 5.35. The van der Waals surface area contributed by atoms with Crippen molar-refractivity contribution >= 4 is 40.4 Å². The van der Waals surface area contributed by atoms with E-state index in [1.165, 1.54) is 11.2 Å². The van der Waals surface area contributed by atoms with E-state index in [2.05, 4.69) is 40.7 Å². The van der Waals surface area contributed by atoms with E-state index >= 15 is 0 Å². The van der Waals surface area contributed by atoms with Gasteiger partial charge in [0, 0.05) is 57.4 Å². The molecule has 4 aromatic rings. The number of H-pyrrole nitrogens is 2. The number of hydrogen-bond acceptors (Lipinski definition) is 8. The third-order valence-corrected chi connectivity index (χ3v) is 7.34. The Labute approximate surface area is 236 Å². The summed E-state index contributed by atoms with van der Waals surface area (Å²) in [4.78, 5) is 54.3. The van der Waals surface area contributed by atoms with Gasteiger partial charge in [-0.15, -0.1) is 0 Å². The molecular weight excluding hydrogens is 526 g/mol. The molecule has 214 valence electrons. The van der Waals surface area contributed by atoms with E-state index in [4.69, 9.17) is 4.74 Å². The number of aromatic amines is 2. The number of hydrogen-bond donors (Lipinski definition) is 4. The minimum absolute atomic E-state index is 0.120. The summed E-state index contributed by atoms with van der Waals surface area (Å²) in [7, 11) is 3.18. The minimum atomic E-state index is -0.910. The smallest absolute Gasteiger partial charge is 0.410 e. The topological polar surface area (TPSA) is 161 Å². The normalized spacial score (nSPS) is 14.5. The van der Waals surface area contributed by atoms with E-state index in [-0.39, 0.29) is 24.1 Å². The van der Waals surface area contributed by atoms with Gasteiger partial charge in [-0.1, -0.05) is 6.07 Å². The number of nitrogens with zero attached hydrogens (tertiary/aromatic N) is 5. The molecule has 13 heteroatoms. The van der Waals surface area contributed by atoms with Crippen LogP contribution in [0.25, 0.3) is 11.0 Å². The molecule has 3 amide bonds. The fourth-order valence-electron chi connectivity index (χ4n) is 4.94. The molecule has 5 rings (SSSR count). The highest BCUT2D eigenvalue weighted by atomic mass is 16.6. The van der Waals surface area contributed by atoms with Crippen molar-refractivity contribution < 1.29 is 19.1 Å². The molecular formula is C28H33N9O4. The van der Waals surface area contributed by atoms with Crippen LogP contribution in [0.15, 0.2) is 42.9 Å². The number of benzene rings is 1. The molecule has 0 radical (unpaired) electrons. The van der Waals surface area contributed by atoms with E-state index in [0.29, 0.717) is 37.4 Å². The van der Waals surface area contributed by atoms with Gasteiger partial charge >= 0.3 is 6.09 Å². The highest BCUT2D eigenvalue weighted by Crippen LogP contribution is 2.36. The number of aromatic nitrogens is 5. The molecule has 0 bridgehead atoms. The first-order valence-corrected chi connectivity index (χ1v) is 13.3. The summed E-state index contributed by atoms with van der Waals surface area (Å²) >= 11 is 0. The van der Waals surface area contributed by atoms with Crippen LogP contribution in [0.5, 0.6) is 5.75 Å². The van der Waals surface area contributed by atoms with Gasteiger partial charge in [-0.3, -0.25) is 14.7 Å². The highest BCUT2D eigenvalue weighted by molar-refractivity contribution is 5.98. The Morgan fingerprint density at radius 1 is 1.12 bits per heavy atom. The van der Waals surface area contributed by atoms with Crippen molar-refractivity contribution in [3.63, 3.8) is 0 Å². The second-order valence-corrected chi connectivity index (χ2v) is 10.5. The molecule has 1 fully saturated rings. The van der Waals surface area contributed by atoms with Crippen molar-refractivity contribution in [1.82, 2.24) is 35.4 Å². The molecule has 0 unspecified atom stereocenters. The van der Waals surface area contributed by atoms with Crippen molar-refractivity contribution in [3.05, 3.63) is 59.8 Å². The Bertz CT molecular complexity index is 1580. The van der Waals surface area contributed by atoms with Crippen LogP contribution in [0.4, 0.5) is 16.3 Å². The Hall–Kier alpha value is -4.94. The number of carbonyl (C=O) groups excluding carboxylic acids is 3. The predicted octanol–water partition coefficient (Wildman–Crippen LogP) is 3.01. The van der Waals surface area contributed by atoms with Crippen molar-refractivity contribution in [2.75, 3.05) is 43.9 Å². The van der Waals surface area contributed by atoms with E-state index in [9.17, 15) is 14.4 Å².